The molecular formula is C70H73N5O7. The Bertz CT molecular complexity index is 3880. The Morgan fingerprint density at radius 2 is 1.21 bits per heavy atom. The van der Waals surface area contributed by atoms with Crippen LogP contribution in [0, 0.1) is 55.4 Å². The second-order valence-corrected chi connectivity index (χ2v) is 23.7. The molecule has 0 aliphatic carbocycles. The lowest BCUT2D eigenvalue weighted by atomic mass is 9.76. The van der Waals surface area contributed by atoms with Crippen molar-refractivity contribution in [2.45, 2.75) is 130 Å². The Morgan fingerprint density at radius 1 is 0.646 bits per heavy atom. The summed E-state index contributed by atoms with van der Waals surface area (Å²) in [6.07, 6.45) is -0.384. The number of nitrogens with zero attached hydrogens (tertiary/aromatic N) is 3. The number of furan rings is 2. The third kappa shape index (κ3) is 10.9. The van der Waals surface area contributed by atoms with Gasteiger partial charge in [0.15, 0.2) is 0 Å². The van der Waals surface area contributed by atoms with Crippen molar-refractivity contribution in [2.24, 2.45) is 0 Å². The SMILES string of the molecule is Cc1ccc(C(CC(C)(C)N2CC(OC(c3cc4cc(CC(=O)NC(c5ccccc5)c5ccc(C)cc5C)ccc4o3)c3c(C)noc3C)C2c2ccc3oc(C(OC4CNC4)c4c(C)noc4C)cc3c2)c2ccccc2)c(C)c1. The maximum Gasteiger partial charge on any atom is 0.225 e. The summed E-state index contributed by atoms with van der Waals surface area (Å²) in [4.78, 5) is 16.7. The lowest BCUT2D eigenvalue weighted by Crippen LogP contribution is -2.63. The van der Waals surface area contributed by atoms with Gasteiger partial charge in [-0.15, -0.1) is 0 Å². The molecule has 2 fully saturated rings. The fourth-order valence-corrected chi connectivity index (χ4v) is 12.8. The normalized spacial score (nSPS) is 17.4. The number of nitrogens with one attached hydrogen (secondary N) is 2. The van der Waals surface area contributed by atoms with E-state index in [0.29, 0.717) is 35.2 Å². The first-order valence-electron chi connectivity index (χ1n) is 28.8. The van der Waals surface area contributed by atoms with Crippen LogP contribution in [-0.4, -0.2) is 58.5 Å². The van der Waals surface area contributed by atoms with E-state index in [4.69, 9.17) is 27.4 Å². The number of likely N-dealkylation sites (tertiary alicyclic amines) is 1. The van der Waals surface area contributed by atoms with Crippen LogP contribution in [0.1, 0.15) is 152 Å². The molecule has 6 unspecified atom stereocenters. The predicted molar refractivity (Wildman–Crippen MR) is 319 cm³/mol. The zero-order valence-electron chi connectivity index (χ0n) is 48.6. The van der Waals surface area contributed by atoms with Gasteiger partial charge >= 0.3 is 0 Å². The highest BCUT2D eigenvalue weighted by atomic mass is 16.5. The molecule has 420 valence electrons. The Balaban J connectivity index is 0.887. The molecule has 12 heteroatoms. The van der Waals surface area contributed by atoms with Crippen molar-refractivity contribution in [3.8, 4) is 0 Å². The van der Waals surface area contributed by atoms with E-state index in [1.165, 1.54) is 27.8 Å². The monoisotopic (exact) mass is 1100 g/mol. The van der Waals surface area contributed by atoms with E-state index in [2.05, 4.69) is 183 Å². The molecule has 82 heavy (non-hydrogen) atoms. The number of aromatic nitrogens is 2. The maximum absolute atomic E-state index is 14.1. The Labute approximate surface area is 480 Å². The lowest BCUT2D eigenvalue weighted by Gasteiger charge is -2.56. The van der Waals surface area contributed by atoms with Crippen molar-refractivity contribution in [1.82, 2.24) is 25.8 Å². The van der Waals surface area contributed by atoms with Crippen molar-refractivity contribution < 1.29 is 32.1 Å². The first-order valence-corrected chi connectivity index (χ1v) is 28.8. The average Bonchev–Trinajstić information content (AvgIpc) is 4.35. The number of ether oxygens (including phenoxy) is 2. The van der Waals surface area contributed by atoms with Gasteiger partial charge in [-0.2, -0.15) is 0 Å². The molecule has 0 radical (unpaired) electrons. The second kappa shape index (κ2) is 22.5. The summed E-state index contributed by atoms with van der Waals surface area (Å²) in [7, 11) is 0. The van der Waals surface area contributed by atoms with E-state index in [1.54, 1.807) is 0 Å². The van der Waals surface area contributed by atoms with Crippen LogP contribution in [0.25, 0.3) is 21.9 Å². The molecular weight excluding hydrogens is 1020 g/mol. The van der Waals surface area contributed by atoms with Gasteiger partial charge in [-0.25, -0.2) is 0 Å². The zero-order valence-corrected chi connectivity index (χ0v) is 48.6. The van der Waals surface area contributed by atoms with Crippen molar-refractivity contribution in [2.75, 3.05) is 19.6 Å². The molecule has 0 saturated carbocycles. The van der Waals surface area contributed by atoms with Gasteiger partial charge in [0.1, 0.15) is 46.4 Å². The zero-order chi connectivity index (χ0) is 57.0. The van der Waals surface area contributed by atoms with Crippen LogP contribution in [0.3, 0.4) is 0 Å². The van der Waals surface area contributed by atoms with Crippen LogP contribution < -0.4 is 10.6 Å². The molecule has 1 amide bonds. The van der Waals surface area contributed by atoms with Crippen molar-refractivity contribution in [3.05, 3.63) is 247 Å². The van der Waals surface area contributed by atoms with E-state index in [1.807, 2.05) is 58.0 Å². The van der Waals surface area contributed by atoms with Gasteiger partial charge in [-0.3, -0.25) is 9.69 Å². The van der Waals surface area contributed by atoms with E-state index >= 15 is 0 Å². The summed E-state index contributed by atoms with van der Waals surface area (Å²) < 4.78 is 39.4. The molecule has 2 N–H and O–H groups in total. The number of aryl methyl sites for hydroxylation is 8. The summed E-state index contributed by atoms with van der Waals surface area (Å²) in [5, 5.41) is 17.3. The van der Waals surface area contributed by atoms with Crippen molar-refractivity contribution in [3.63, 3.8) is 0 Å². The largest absolute Gasteiger partial charge is 0.458 e. The number of hydrogen-bond acceptors (Lipinski definition) is 11. The molecule has 6 aromatic carbocycles. The average molecular weight is 1100 g/mol. The summed E-state index contributed by atoms with van der Waals surface area (Å²) in [6, 6.07) is 50.5. The molecule has 0 spiro atoms. The number of amides is 1. The Kier molecular flexibility index (Phi) is 15.0. The van der Waals surface area contributed by atoms with Crippen LogP contribution in [0.4, 0.5) is 0 Å². The summed E-state index contributed by atoms with van der Waals surface area (Å²) in [5.41, 5.74) is 15.9. The van der Waals surface area contributed by atoms with E-state index in [-0.39, 0.29) is 48.1 Å². The van der Waals surface area contributed by atoms with Crippen LogP contribution >= 0.6 is 0 Å². The highest BCUT2D eigenvalue weighted by Crippen LogP contribution is 2.49. The minimum Gasteiger partial charge on any atom is -0.458 e. The third-order valence-electron chi connectivity index (χ3n) is 17.2. The minimum absolute atomic E-state index is 0.0351. The van der Waals surface area contributed by atoms with Gasteiger partial charge < -0.3 is 38.0 Å². The number of hydrogen-bond donors (Lipinski definition) is 2. The molecule has 12 rings (SSSR count). The Morgan fingerprint density at radius 3 is 1.77 bits per heavy atom. The molecule has 2 aliphatic heterocycles. The maximum atomic E-state index is 14.1. The van der Waals surface area contributed by atoms with Crippen LogP contribution in [-0.2, 0) is 20.7 Å². The number of benzene rings is 6. The third-order valence-corrected chi connectivity index (χ3v) is 17.2. The van der Waals surface area contributed by atoms with Crippen LogP contribution in [0.15, 0.2) is 163 Å². The van der Waals surface area contributed by atoms with Gasteiger partial charge in [-0.1, -0.05) is 131 Å². The van der Waals surface area contributed by atoms with Crippen LogP contribution in [0.5, 0.6) is 0 Å². The van der Waals surface area contributed by atoms with E-state index in [0.717, 1.165) is 86.2 Å². The molecule has 12 nitrogen and oxygen atoms in total. The van der Waals surface area contributed by atoms with Gasteiger partial charge in [-0.05, 0) is 157 Å². The standard InChI is InChI=1S/C70H73N5O7/c1-40-21-25-55(42(3)29-40)57(49-17-13-11-14-18-49)36-70(9,10)75-39-62(67(75)51-24-28-59-53(33-51)35-60(79-59)68(77-54-37-71-38-54)64-44(5)73-81-46(64)7)80-69(65-45(6)74-82-47(65)8)61-34-52-31-48(23-27-58(52)78-61)32-63(76)72-66(50-19-15-12-16-20-50)56-26-22-41(2)30-43(56)4/h11-31,33-35,54,57,62,66-69,71H,32,36-39H2,1-10H3,(H,72,76). The van der Waals surface area contributed by atoms with E-state index < -0.39 is 12.2 Å². The first-order chi connectivity index (χ1) is 39.5. The smallest absolute Gasteiger partial charge is 0.225 e. The van der Waals surface area contributed by atoms with Gasteiger partial charge in [0.05, 0.1) is 53.2 Å². The molecule has 2 saturated heterocycles. The molecule has 6 heterocycles. The fraction of sp³-hybridized carbons (Fsp3) is 0.329. The molecule has 4 aromatic heterocycles. The summed E-state index contributed by atoms with van der Waals surface area (Å²) in [6.45, 7) is 23.3. The van der Waals surface area contributed by atoms with Crippen LogP contribution in [0.2, 0.25) is 0 Å². The molecule has 10 aromatic rings. The van der Waals surface area contributed by atoms with E-state index in [9.17, 15) is 4.79 Å². The molecule has 0 bridgehead atoms. The highest BCUT2D eigenvalue weighted by molar-refractivity contribution is 5.84. The number of rotatable bonds is 19. The van der Waals surface area contributed by atoms with Gasteiger partial charge in [0, 0.05) is 41.9 Å². The summed E-state index contributed by atoms with van der Waals surface area (Å²) >= 11 is 0. The summed E-state index contributed by atoms with van der Waals surface area (Å²) in [5.74, 6) is 2.75. The second-order valence-electron chi connectivity index (χ2n) is 23.7. The number of carbonyl (C=O) groups excluding carboxylic acids is 1. The topological polar surface area (TPSA) is 141 Å². The predicted octanol–water partition coefficient (Wildman–Crippen LogP) is 14.7. The number of fused-ring (bicyclic) bond motifs is 2. The molecule has 6 atom stereocenters. The minimum atomic E-state index is -0.668. The van der Waals surface area contributed by atoms with Gasteiger partial charge in [0.25, 0.3) is 0 Å². The lowest BCUT2D eigenvalue weighted by molar-refractivity contribution is -0.165. The van der Waals surface area contributed by atoms with Gasteiger partial charge in [0.2, 0.25) is 5.91 Å². The Hall–Kier alpha value is -7.87. The quantitative estimate of drug-likeness (QED) is 0.0799. The highest BCUT2D eigenvalue weighted by Gasteiger charge is 2.50. The number of carbonyl (C=O) groups is 1. The van der Waals surface area contributed by atoms with Crippen molar-refractivity contribution in [1.29, 1.82) is 0 Å². The first kappa shape index (κ1) is 54.7. The fourth-order valence-electron chi connectivity index (χ4n) is 12.8. The molecule has 2 aliphatic rings. The van der Waals surface area contributed by atoms with Crippen molar-refractivity contribution >= 4 is 27.8 Å².